The van der Waals surface area contributed by atoms with E-state index in [1.54, 1.807) is 6.07 Å². The number of esters is 2. The highest BCUT2D eigenvalue weighted by Gasteiger charge is 2.49. The molecule has 0 spiro atoms. The number of ether oxygens (including phenoxy) is 2. The van der Waals surface area contributed by atoms with E-state index in [0.29, 0.717) is 34.7 Å². The third kappa shape index (κ3) is 2.85. The molecule has 0 amide bonds. The molecule has 138 valence electrons. The number of hydrogen-bond acceptors (Lipinski definition) is 4. The number of hydrogen-bond donors (Lipinski definition) is 0. The van der Waals surface area contributed by atoms with Gasteiger partial charge >= 0.3 is 11.9 Å². The van der Waals surface area contributed by atoms with Crippen LogP contribution in [0.1, 0.15) is 63.5 Å². The van der Waals surface area contributed by atoms with Crippen molar-refractivity contribution in [3.63, 3.8) is 0 Å². The lowest BCUT2D eigenvalue weighted by atomic mass is 9.55. The Labute approximate surface area is 154 Å². The van der Waals surface area contributed by atoms with Crippen LogP contribution in [-0.2, 0) is 16.0 Å². The zero-order chi connectivity index (χ0) is 18.5. The molecule has 26 heavy (non-hydrogen) atoms. The van der Waals surface area contributed by atoms with E-state index in [2.05, 4.69) is 19.1 Å². The Morgan fingerprint density at radius 3 is 2.62 bits per heavy atom. The zero-order valence-corrected chi connectivity index (χ0v) is 15.7. The van der Waals surface area contributed by atoms with Gasteiger partial charge in [0.25, 0.3) is 0 Å². The molecular weight excluding hydrogens is 328 g/mol. The van der Waals surface area contributed by atoms with Crippen LogP contribution in [0.4, 0.5) is 0 Å². The molecule has 0 aromatic heterocycles. The van der Waals surface area contributed by atoms with Crippen molar-refractivity contribution in [2.75, 3.05) is 0 Å². The summed E-state index contributed by atoms with van der Waals surface area (Å²) in [6.07, 6.45) is 10.3. The number of carbonyl (C=O) groups is 2. The molecule has 0 heterocycles. The second-order valence-corrected chi connectivity index (χ2v) is 8.28. The van der Waals surface area contributed by atoms with Crippen LogP contribution in [0.2, 0.25) is 0 Å². The summed E-state index contributed by atoms with van der Waals surface area (Å²) in [5.74, 6) is 2.05. The van der Waals surface area contributed by atoms with Crippen LogP contribution in [0.15, 0.2) is 24.3 Å². The van der Waals surface area contributed by atoms with Gasteiger partial charge in [0, 0.05) is 25.5 Å². The van der Waals surface area contributed by atoms with E-state index in [4.69, 9.17) is 9.47 Å². The zero-order valence-electron chi connectivity index (χ0n) is 15.7. The van der Waals surface area contributed by atoms with Crippen LogP contribution >= 0.6 is 0 Å². The predicted octanol–water partition coefficient (Wildman–Crippen LogP) is 4.56. The first-order chi connectivity index (χ1) is 12.4. The first-order valence-corrected chi connectivity index (χ1v) is 9.59. The minimum absolute atomic E-state index is 0.317. The molecule has 0 bridgehead atoms. The fraction of sp³-hybridized carbons (Fsp3) is 0.545. The van der Waals surface area contributed by atoms with Gasteiger partial charge in [0.15, 0.2) is 0 Å². The maximum atomic E-state index is 11.7. The van der Waals surface area contributed by atoms with Crippen molar-refractivity contribution < 1.29 is 19.1 Å². The van der Waals surface area contributed by atoms with Crippen LogP contribution in [0.3, 0.4) is 0 Å². The van der Waals surface area contributed by atoms with Crippen LogP contribution in [-0.4, -0.2) is 11.9 Å². The quantitative estimate of drug-likeness (QED) is 0.444. The third-order valence-corrected chi connectivity index (χ3v) is 6.60. The molecule has 3 aliphatic rings. The van der Waals surface area contributed by atoms with Crippen molar-refractivity contribution in [1.82, 2.24) is 0 Å². The van der Waals surface area contributed by atoms with E-state index in [0.717, 1.165) is 31.2 Å². The Hall–Kier alpha value is -2.10. The molecule has 4 nitrogen and oxygen atoms in total. The van der Waals surface area contributed by atoms with Gasteiger partial charge in [0.1, 0.15) is 11.5 Å². The molecule has 3 aliphatic carbocycles. The summed E-state index contributed by atoms with van der Waals surface area (Å²) in [5.41, 5.74) is 2.65. The lowest BCUT2D eigenvalue weighted by Crippen LogP contribution is -2.39. The largest absolute Gasteiger partial charge is 0.427 e. The van der Waals surface area contributed by atoms with Crippen molar-refractivity contribution in [3.8, 4) is 11.5 Å². The molecule has 4 atom stereocenters. The Morgan fingerprint density at radius 2 is 1.88 bits per heavy atom. The average molecular weight is 354 g/mol. The molecule has 1 aromatic rings. The fourth-order valence-electron chi connectivity index (χ4n) is 5.60. The van der Waals surface area contributed by atoms with Gasteiger partial charge in [0.2, 0.25) is 0 Å². The Kier molecular flexibility index (Phi) is 4.17. The Morgan fingerprint density at radius 1 is 1.12 bits per heavy atom. The predicted molar refractivity (Wildman–Crippen MR) is 98.2 cm³/mol. The highest BCUT2D eigenvalue weighted by atomic mass is 16.5. The molecule has 0 radical (unpaired) electrons. The minimum atomic E-state index is -0.363. The molecule has 0 unspecified atom stereocenters. The first-order valence-electron chi connectivity index (χ1n) is 9.59. The van der Waals surface area contributed by atoms with E-state index in [1.807, 2.05) is 6.07 Å². The number of aryl methyl sites for hydroxylation is 1. The van der Waals surface area contributed by atoms with Crippen molar-refractivity contribution in [2.45, 2.75) is 58.8 Å². The summed E-state index contributed by atoms with van der Waals surface area (Å²) >= 11 is 0. The van der Waals surface area contributed by atoms with Crippen LogP contribution in [0, 0.1) is 17.3 Å². The van der Waals surface area contributed by atoms with Gasteiger partial charge in [-0.1, -0.05) is 19.1 Å². The van der Waals surface area contributed by atoms with Crippen LogP contribution < -0.4 is 9.47 Å². The lowest BCUT2D eigenvalue weighted by molar-refractivity contribution is -0.132. The highest BCUT2D eigenvalue weighted by molar-refractivity contribution is 5.72. The van der Waals surface area contributed by atoms with Gasteiger partial charge in [-0.2, -0.15) is 0 Å². The van der Waals surface area contributed by atoms with E-state index >= 15 is 0 Å². The molecule has 4 rings (SSSR count). The molecule has 0 N–H and O–H groups in total. The number of fused-ring (bicyclic) bond motifs is 5. The smallest absolute Gasteiger partial charge is 0.308 e. The second kappa shape index (κ2) is 6.26. The molecule has 1 saturated carbocycles. The van der Waals surface area contributed by atoms with Gasteiger partial charge in [-0.05, 0) is 66.9 Å². The minimum Gasteiger partial charge on any atom is -0.427 e. The van der Waals surface area contributed by atoms with Crippen LogP contribution in [0.25, 0.3) is 0 Å². The molecule has 0 saturated heterocycles. The second-order valence-electron chi connectivity index (χ2n) is 8.28. The normalized spacial score (nSPS) is 31.6. The summed E-state index contributed by atoms with van der Waals surface area (Å²) in [4.78, 5) is 23.1. The lowest BCUT2D eigenvalue weighted by Gasteiger charge is -2.49. The van der Waals surface area contributed by atoms with Gasteiger partial charge in [-0.15, -0.1) is 0 Å². The maximum absolute atomic E-state index is 11.7. The number of carbonyl (C=O) groups excluding carboxylic acids is 2. The van der Waals surface area contributed by atoms with E-state index < -0.39 is 0 Å². The van der Waals surface area contributed by atoms with E-state index in [-0.39, 0.29) is 11.9 Å². The first kappa shape index (κ1) is 17.3. The monoisotopic (exact) mass is 354 g/mol. The standard InChI is InChI=1S/C22H26O4/c1-13(23)25-16-11-15-6-7-17-18(21(15)20(12-16)26-14(2)24)8-10-22(3)9-4-5-19(17)22/h4,9,11-12,17-19H,5-8,10H2,1-3H3/t17-,18-,19-,22-/m0/s1. The van der Waals surface area contributed by atoms with E-state index in [1.165, 1.54) is 25.8 Å². The van der Waals surface area contributed by atoms with E-state index in [9.17, 15) is 9.59 Å². The number of benzene rings is 1. The third-order valence-electron chi connectivity index (χ3n) is 6.60. The Bertz CT molecular complexity index is 794. The molecule has 0 aliphatic heterocycles. The van der Waals surface area contributed by atoms with Gasteiger partial charge in [-0.25, -0.2) is 0 Å². The molecular formula is C22H26O4. The maximum Gasteiger partial charge on any atom is 0.308 e. The summed E-state index contributed by atoms with van der Waals surface area (Å²) in [6, 6.07) is 3.67. The number of rotatable bonds is 2. The summed E-state index contributed by atoms with van der Waals surface area (Å²) in [5, 5.41) is 0. The van der Waals surface area contributed by atoms with Gasteiger partial charge in [0.05, 0.1) is 0 Å². The average Bonchev–Trinajstić information content (AvgIpc) is 2.95. The molecule has 4 heteroatoms. The van der Waals surface area contributed by atoms with Gasteiger partial charge < -0.3 is 9.47 Å². The summed E-state index contributed by atoms with van der Waals surface area (Å²) in [6.45, 7) is 5.20. The summed E-state index contributed by atoms with van der Waals surface area (Å²) < 4.78 is 10.9. The Balaban J connectivity index is 1.75. The van der Waals surface area contributed by atoms with Crippen molar-refractivity contribution >= 4 is 11.9 Å². The van der Waals surface area contributed by atoms with Crippen molar-refractivity contribution in [3.05, 3.63) is 35.4 Å². The topological polar surface area (TPSA) is 52.6 Å². The number of allylic oxidation sites excluding steroid dienone is 2. The van der Waals surface area contributed by atoms with Crippen molar-refractivity contribution in [1.29, 1.82) is 0 Å². The highest BCUT2D eigenvalue weighted by Crippen LogP contribution is 2.60. The van der Waals surface area contributed by atoms with Crippen LogP contribution in [0.5, 0.6) is 11.5 Å². The summed E-state index contributed by atoms with van der Waals surface area (Å²) in [7, 11) is 0. The SMILES string of the molecule is CC(=O)Oc1cc2c(c(OC(C)=O)c1)[C@H]1CC[C@]3(C)C=CC[C@H]3[C@H]1CC2. The molecule has 1 aromatic carbocycles. The van der Waals surface area contributed by atoms with Crippen molar-refractivity contribution in [2.24, 2.45) is 17.3 Å². The molecule has 1 fully saturated rings. The van der Waals surface area contributed by atoms with Gasteiger partial charge in [-0.3, -0.25) is 9.59 Å². The fourth-order valence-corrected chi connectivity index (χ4v) is 5.60.